The molecule has 1 aliphatic rings. The Morgan fingerprint density at radius 2 is 2.10 bits per heavy atom. The third-order valence-electron chi connectivity index (χ3n) is 3.88. The van der Waals surface area contributed by atoms with E-state index in [1.54, 1.807) is 7.11 Å². The number of hydrogen-bond donors (Lipinski definition) is 1. The van der Waals surface area contributed by atoms with E-state index >= 15 is 0 Å². The number of methoxy groups -OCH3 is 1. The van der Waals surface area contributed by atoms with Gasteiger partial charge < -0.3 is 14.8 Å². The lowest BCUT2D eigenvalue weighted by molar-refractivity contribution is -0.0364. The Labute approximate surface area is 130 Å². The van der Waals surface area contributed by atoms with Gasteiger partial charge in [0.15, 0.2) is 0 Å². The fourth-order valence-electron chi connectivity index (χ4n) is 2.70. The van der Waals surface area contributed by atoms with E-state index in [9.17, 15) is 0 Å². The molecule has 1 N–H and O–H groups in total. The highest BCUT2D eigenvalue weighted by Crippen LogP contribution is 2.25. The molecule has 2 unspecified atom stereocenters. The van der Waals surface area contributed by atoms with E-state index in [0.29, 0.717) is 18.8 Å². The van der Waals surface area contributed by atoms with E-state index < -0.39 is 0 Å². The van der Waals surface area contributed by atoms with Crippen LogP contribution in [0.4, 0.5) is 0 Å². The molecule has 20 heavy (non-hydrogen) atoms. The van der Waals surface area contributed by atoms with Crippen LogP contribution < -0.4 is 5.32 Å². The number of halogens is 1. The summed E-state index contributed by atoms with van der Waals surface area (Å²) in [5.41, 5.74) is 2.49. The van der Waals surface area contributed by atoms with Gasteiger partial charge in [0.05, 0.1) is 18.8 Å². The van der Waals surface area contributed by atoms with Crippen LogP contribution in [0.1, 0.15) is 36.8 Å². The third kappa shape index (κ3) is 4.55. The summed E-state index contributed by atoms with van der Waals surface area (Å²) in [7, 11) is 3.75. The van der Waals surface area contributed by atoms with Gasteiger partial charge >= 0.3 is 0 Å². The summed E-state index contributed by atoms with van der Waals surface area (Å²) in [6.07, 6.45) is 5.23. The minimum Gasteiger partial charge on any atom is -0.381 e. The van der Waals surface area contributed by atoms with Crippen molar-refractivity contribution < 1.29 is 9.47 Å². The van der Waals surface area contributed by atoms with Gasteiger partial charge in [-0.1, -0.05) is 28.1 Å². The highest BCUT2D eigenvalue weighted by atomic mass is 79.9. The van der Waals surface area contributed by atoms with Crippen molar-refractivity contribution in [1.82, 2.24) is 5.32 Å². The Morgan fingerprint density at radius 3 is 2.80 bits per heavy atom. The van der Waals surface area contributed by atoms with E-state index in [1.165, 1.54) is 24.0 Å². The molecule has 1 fully saturated rings. The van der Waals surface area contributed by atoms with E-state index in [4.69, 9.17) is 9.47 Å². The van der Waals surface area contributed by atoms with E-state index in [2.05, 4.69) is 39.4 Å². The molecule has 1 aliphatic carbocycles. The quantitative estimate of drug-likeness (QED) is 0.856. The summed E-state index contributed by atoms with van der Waals surface area (Å²) in [5.74, 6) is 0. The van der Waals surface area contributed by atoms with Gasteiger partial charge in [-0.2, -0.15) is 0 Å². The fourth-order valence-corrected chi connectivity index (χ4v) is 3.24. The van der Waals surface area contributed by atoms with Crippen LogP contribution >= 0.6 is 15.9 Å². The first kappa shape index (κ1) is 16.0. The largest absolute Gasteiger partial charge is 0.381 e. The molecule has 0 heterocycles. The maximum Gasteiger partial charge on any atom is 0.0731 e. The lowest BCUT2D eigenvalue weighted by Gasteiger charge is -2.28. The fraction of sp³-hybridized carbons (Fsp3) is 0.625. The Morgan fingerprint density at radius 1 is 1.30 bits per heavy atom. The standard InChI is InChI=1S/C16H24BrNO2/c1-18-10-12-6-7-13(16(17)8-12)11-20-15-5-3-4-14(9-15)19-2/h6-8,14-15,18H,3-5,9-11H2,1-2H3. The van der Waals surface area contributed by atoms with Crippen LogP contribution in [0, 0.1) is 0 Å². The van der Waals surface area contributed by atoms with Gasteiger partial charge in [0.2, 0.25) is 0 Å². The Bertz CT molecular complexity index is 425. The molecular weight excluding hydrogens is 318 g/mol. The average molecular weight is 342 g/mol. The Balaban J connectivity index is 1.87. The van der Waals surface area contributed by atoms with Crippen molar-refractivity contribution >= 4 is 15.9 Å². The maximum atomic E-state index is 6.06. The second-order valence-electron chi connectivity index (χ2n) is 5.41. The Kier molecular flexibility index (Phi) is 6.49. The molecule has 1 aromatic carbocycles. The predicted molar refractivity (Wildman–Crippen MR) is 84.7 cm³/mol. The van der Waals surface area contributed by atoms with Crippen molar-refractivity contribution in [3.8, 4) is 0 Å². The minimum atomic E-state index is 0.331. The molecule has 0 saturated heterocycles. The SMILES string of the molecule is CNCc1ccc(COC2CCCC(OC)C2)c(Br)c1. The Hall–Kier alpha value is -0.420. The van der Waals surface area contributed by atoms with Crippen LogP contribution in [0.15, 0.2) is 22.7 Å². The lowest BCUT2D eigenvalue weighted by atomic mass is 9.95. The van der Waals surface area contributed by atoms with Gasteiger partial charge in [-0.3, -0.25) is 0 Å². The second kappa shape index (κ2) is 8.13. The molecule has 2 rings (SSSR count). The van der Waals surface area contributed by atoms with Gasteiger partial charge in [-0.05, 0) is 49.9 Å². The summed E-state index contributed by atoms with van der Waals surface area (Å²) in [5, 5.41) is 3.16. The topological polar surface area (TPSA) is 30.5 Å². The summed E-state index contributed by atoms with van der Waals surface area (Å²) >= 11 is 3.64. The molecule has 2 atom stereocenters. The molecular formula is C16H24BrNO2. The maximum absolute atomic E-state index is 6.06. The predicted octanol–water partition coefficient (Wildman–Crippen LogP) is 3.64. The molecule has 0 aliphatic heterocycles. The van der Waals surface area contributed by atoms with Gasteiger partial charge in [-0.15, -0.1) is 0 Å². The van der Waals surface area contributed by atoms with Crippen LogP contribution in [0.3, 0.4) is 0 Å². The van der Waals surface area contributed by atoms with E-state index in [1.807, 2.05) is 7.05 Å². The van der Waals surface area contributed by atoms with Crippen molar-refractivity contribution in [2.75, 3.05) is 14.2 Å². The molecule has 3 nitrogen and oxygen atoms in total. The van der Waals surface area contributed by atoms with Gasteiger partial charge in [0.1, 0.15) is 0 Å². The average Bonchev–Trinajstić information content (AvgIpc) is 2.47. The summed E-state index contributed by atoms with van der Waals surface area (Å²) in [6, 6.07) is 6.46. The molecule has 4 heteroatoms. The number of ether oxygens (including phenoxy) is 2. The molecule has 0 spiro atoms. The molecule has 112 valence electrons. The molecule has 1 aromatic rings. The third-order valence-corrected chi connectivity index (χ3v) is 4.62. The molecule has 0 amide bonds. The molecule has 1 saturated carbocycles. The van der Waals surface area contributed by atoms with Crippen LogP contribution in [0.5, 0.6) is 0 Å². The van der Waals surface area contributed by atoms with Crippen LogP contribution in [0.25, 0.3) is 0 Å². The monoisotopic (exact) mass is 341 g/mol. The first-order valence-corrected chi connectivity index (χ1v) is 8.08. The number of benzene rings is 1. The number of hydrogen-bond acceptors (Lipinski definition) is 3. The zero-order valence-electron chi connectivity index (χ0n) is 12.3. The second-order valence-corrected chi connectivity index (χ2v) is 6.27. The number of nitrogens with one attached hydrogen (secondary N) is 1. The molecule has 0 radical (unpaired) electrons. The van der Waals surface area contributed by atoms with Crippen LogP contribution in [0.2, 0.25) is 0 Å². The smallest absolute Gasteiger partial charge is 0.0731 e. The lowest BCUT2D eigenvalue weighted by Crippen LogP contribution is -2.27. The van der Waals surface area contributed by atoms with Gasteiger partial charge in [-0.25, -0.2) is 0 Å². The van der Waals surface area contributed by atoms with Crippen molar-refractivity contribution in [3.63, 3.8) is 0 Å². The van der Waals surface area contributed by atoms with Crippen LogP contribution in [-0.4, -0.2) is 26.4 Å². The van der Waals surface area contributed by atoms with Crippen molar-refractivity contribution in [2.24, 2.45) is 0 Å². The van der Waals surface area contributed by atoms with E-state index in [0.717, 1.165) is 23.9 Å². The van der Waals surface area contributed by atoms with Crippen molar-refractivity contribution in [3.05, 3.63) is 33.8 Å². The zero-order valence-corrected chi connectivity index (χ0v) is 13.9. The van der Waals surface area contributed by atoms with Crippen LogP contribution in [-0.2, 0) is 22.6 Å². The normalized spacial score (nSPS) is 22.9. The molecule has 0 bridgehead atoms. The first-order valence-electron chi connectivity index (χ1n) is 7.29. The zero-order chi connectivity index (χ0) is 14.4. The highest BCUT2D eigenvalue weighted by molar-refractivity contribution is 9.10. The van der Waals surface area contributed by atoms with Gasteiger partial charge in [0.25, 0.3) is 0 Å². The van der Waals surface area contributed by atoms with Gasteiger partial charge in [0, 0.05) is 18.1 Å². The van der Waals surface area contributed by atoms with Crippen molar-refractivity contribution in [1.29, 1.82) is 0 Å². The first-order chi connectivity index (χ1) is 9.72. The summed E-state index contributed by atoms with van der Waals surface area (Å²) in [6.45, 7) is 1.55. The summed E-state index contributed by atoms with van der Waals surface area (Å²) < 4.78 is 12.6. The van der Waals surface area contributed by atoms with E-state index in [-0.39, 0.29) is 0 Å². The summed E-state index contributed by atoms with van der Waals surface area (Å²) in [4.78, 5) is 0. The minimum absolute atomic E-state index is 0.331. The highest BCUT2D eigenvalue weighted by Gasteiger charge is 2.22. The molecule has 0 aromatic heterocycles. The van der Waals surface area contributed by atoms with Crippen molar-refractivity contribution in [2.45, 2.75) is 51.0 Å². The number of rotatable bonds is 6.